The number of benzene rings is 2. The van der Waals surface area contributed by atoms with Crippen LogP contribution in [0.15, 0.2) is 48.5 Å². The zero-order chi connectivity index (χ0) is 18.5. The molecule has 1 saturated heterocycles. The lowest BCUT2D eigenvalue weighted by Gasteiger charge is -2.53. The van der Waals surface area contributed by atoms with Crippen LogP contribution in [0.4, 0.5) is 4.39 Å². The van der Waals surface area contributed by atoms with Crippen LogP contribution in [0.2, 0.25) is 0 Å². The predicted octanol–water partition coefficient (Wildman–Crippen LogP) is 5.37. The van der Waals surface area contributed by atoms with Crippen molar-refractivity contribution in [3.63, 3.8) is 0 Å². The summed E-state index contributed by atoms with van der Waals surface area (Å²) in [4.78, 5) is 0. The van der Waals surface area contributed by atoms with Crippen molar-refractivity contribution in [1.29, 1.82) is 0 Å². The van der Waals surface area contributed by atoms with E-state index in [4.69, 9.17) is 4.74 Å². The number of halogens is 1. The molecule has 0 amide bonds. The molecule has 5 atom stereocenters. The maximum atomic E-state index is 13.2. The quantitative estimate of drug-likeness (QED) is 0.786. The van der Waals surface area contributed by atoms with Gasteiger partial charge in [0.1, 0.15) is 5.82 Å². The van der Waals surface area contributed by atoms with E-state index in [9.17, 15) is 9.50 Å². The second kappa shape index (κ2) is 6.47. The van der Waals surface area contributed by atoms with Gasteiger partial charge in [-0.25, -0.2) is 4.39 Å². The summed E-state index contributed by atoms with van der Waals surface area (Å²) in [6, 6.07) is 15.0. The van der Waals surface area contributed by atoms with Gasteiger partial charge in [0.15, 0.2) is 0 Å². The second-order valence-corrected chi connectivity index (χ2v) is 8.53. The molecule has 1 aliphatic carbocycles. The molecule has 2 unspecified atom stereocenters. The van der Waals surface area contributed by atoms with Crippen molar-refractivity contribution in [2.75, 3.05) is 0 Å². The normalized spacial score (nSPS) is 33.0. The standard InChI is InChI=1S/C23H27FO2/c1-14-20-12-18(13-21(14)25)23(2,3)26-22(20)17-6-4-5-16(11-17)15-7-9-19(24)10-8-15/h4-11,14,18,20-22,25H,12-13H2,1-3H3/t14-,18?,20?,21-,22-/m0/s1. The van der Waals surface area contributed by atoms with E-state index in [1.165, 1.54) is 12.1 Å². The van der Waals surface area contributed by atoms with Crippen LogP contribution in [0.1, 0.15) is 45.3 Å². The van der Waals surface area contributed by atoms with Gasteiger partial charge in [0.05, 0.1) is 17.8 Å². The molecule has 2 fully saturated rings. The first-order chi connectivity index (χ1) is 12.3. The minimum absolute atomic E-state index is 0.0217. The fourth-order valence-corrected chi connectivity index (χ4v) is 4.76. The zero-order valence-electron chi connectivity index (χ0n) is 15.7. The van der Waals surface area contributed by atoms with E-state index < -0.39 is 0 Å². The number of fused-ring (bicyclic) bond motifs is 2. The topological polar surface area (TPSA) is 29.5 Å². The number of ether oxygens (including phenoxy) is 1. The van der Waals surface area contributed by atoms with Gasteiger partial charge >= 0.3 is 0 Å². The average molecular weight is 354 g/mol. The second-order valence-electron chi connectivity index (χ2n) is 8.53. The third-order valence-corrected chi connectivity index (χ3v) is 6.56. The Kier molecular flexibility index (Phi) is 4.40. The van der Waals surface area contributed by atoms with Crippen molar-refractivity contribution in [1.82, 2.24) is 0 Å². The smallest absolute Gasteiger partial charge is 0.123 e. The van der Waals surface area contributed by atoms with Gasteiger partial charge in [-0.3, -0.25) is 0 Å². The van der Waals surface area contributed by atoms with Crippen LogP contribution in [0.5, 0.6) is 0 Å². The molecule has 2 aromatic carbocycles. The lowest BCUT2D eigenvalue weighted by molar-refractivity contribution is -0.215. The predicted molar refractivity (Wildman–Crippen MR) is 101 cm³/mol. The Labute approximate surface area is 155 Å². The third kappa shape index (κ3) is 3.08. The van der Waals surface area contributed by atoms with E-state index >= 15 is 0 Å². The van der Waals surface area contributed by atoms with Gasteiger partial charge in [-0.05, 0) is 79.3 Å². The molecule has 2 bridgehead atoms. The highest BCUT2D eigenvalue weighted by Gasteiger charge is 2.50. The number of rotatable bonds is 2. The van der Waals surface area contributed by atoms with Crippen LogP contribution >= 0.6 is 0 Å². The molecule has 4 rings (SSSR count). The monoisotopic (exact) mass is 354 g/mol. The van der Waals surface area contributed by atoms with Crippen molar-refractivity contribution >= 4 is 0 Å². The van der Waals surface area contributed by atoms with Crippen LogP contribution in [0, 0.1) is 23.6 Å². The first-order valence-corrected chi connectivity index (χ1v) is 9.57. The summed E-state index contributed by atoms with van der Waals surface area (Å²) in [7, 11) is 0. The SMILES string of the molecule is C[C@H]1C2CC(C[C@@H]1O)C(C)(C)O[C@H]2c1cccc(-c2ccc(F)cc2)c1. The molecule has 2 aliphatic rings. The maximum absolute atomic E-state index is 13.2. The first kappa shape index (κ1) is 17.7. The number of hydrogen-bond acceptors (Lipinski definition) is 2. The van der Waals surface area contributed by atoms with Crippen LogP contribution in [-0.4, -0.2) is 16.8 Å². The highest BCUT2D eigenvalue weighted by atomic mass is 19.1. The molecule has 1 saturated carbocycles. The molecule has 2 aromatic rings. The molecule has 1 heterocycles. The summed E-state index contributed by atoms with van der Waals surface area (Å²) in [5.74, 6) is 0.718. The average Bonchev–Trinajstić information content (AvgIpc) is 2.62. The summed E-state index contributed by atoms with van der Waals surface area (Å²) in [6.45, 7) is 6.44. The lowest BCUT2D eigenvalue weighted by atomic mass is 9.63. The van der Waals surface area contributed by atoms with Crippen molar-refractivity contribution in [3.8, 4) is 11.1 Å². The minimum atomic E-state index is -0.260. The van der Waals surface area contributed by atoms with E-state index in [1.54, 1.807) is 0 Å². The molecular weight excluding hydrogens is 327 g/mol. The van der Waals surface area contributed by atoms with Crippen LogP contribution in [0.25, 0.3) is 11.1 Å². The molecular formula is C23H27FO2. The molecule has 2 nitrogen and oxygen atoms in total. The summed E-state index contributed by atoms with van der Waals surface area (Å²) in [6.07, 6.45) is 1.64. The van der Waals surface area contributed by atoms with Gasteiger partial charge in [-0.1, -0.05) is 37.3 Å². The van der Waals surface area contributed by atoms with Crippen molar-refractivity contribution in [3.05, 3.63) is 59.9 Å². The van der Waals surface area contributed by atoms with E-state index in [0.717, 1.165) is 29.5 Å². The first-order valence-electron chi connectivity index (χ1n) is 9.57. The van der Waals surface area contributed by atoms with Gasteiger partial charge in [0.25, 0.3) is 0 Å². The maximum Gasteiger partial charge on any atom is 0.123 e. The molecule has 0 aromatic heterocycles. The number of aliphatic hydroxyl groups excluding tert-OH is 1. The lowest BCUT2D eigenvalue weighted by Crippen LogP contribution is -2.52. The van der Waals surface area contributed by atoms with Gasteiger partial charge in [0.2, 0.25) is 0 Å². The highest BCUT2D eigenvalue weighted by Crippen LogP contribution is 2.53. The van der Waals surface area contributed by atoms with Crippen molar-refractivity contribution < 1.29 is 14.2 Å². The van der Waals surface area contributed by atoms with Gasteiger partial charge < -0.3 is 9.84 Å². The van der Waals surface area contributed by atoms with Gasteiger partial charge in [-0.15, -0.1) is 0 Å². The molecule has 0 spiro atoms. The fourth-order valence-electron chi connectivity index (χ4n) is 4.76. The van der Waals surface area contributed by atoms with Crippen molar-refractivity contribution in [2.45, 2.75) is 51.4 Å². The Morgan fingerprint density at radius 1 is 1.04 bits per heavy atom. The summed E-state index contributed by atoms with van der Waals surface area (Å²) in [5.41, 5.74) is 2.96. The Hall–Kier alpha value is -1.71. The Balaban J connectivity index is 1.70. The largest absolute Gasteiger partial charge is 0.393 e. The molecule has 26 heavy (non-hydrogen) atoms. The van der Waals surface area contributed by atoms with Crippen LogP contribution in [0.3, 0.4) is 0 Å². The van der Waals surface area contributed by atoms with Gasteiger partial charge in [-0.2, -0.15) is 0 Å². The fraction of sp³-hybridized carbons (Fsp3) is 0.478. The molecule has 0 radical (unpaired) electrons. The van der Waals surface area contributed by atoms with E-state index in [1.807, 2.05) is 24.3 Å². The van der Waals surface area contributed by atoms with E-state index in [2.05, 4.69) is 32.9 Å². The van der Waals surface area contributed by atoms with Crippen molar-refractivity contribution in [2.24, 2.45) is 17.8 Å². The van der Waals surface area contributed by atoms with E-state index in [0.29, 0.717) is 11.8 Å². The zero-order valence-corrected chi connectivity index (χ0v) is 15.7. The number of aliphatic hydroxyl groups is 1. The van der Waals surface area contributed by atoms with E-state index in [-0.39, 0.29) is 29.5 Å². The highest BCUT2D eigenvalue weighted by molar-refractivity contribution is 5.64. The van der Waals surface area contributed by atoms with Crippen LogP contribution in [-0.2, 0) is 4.74 Å². The number of hydrogen-bond donors (Lipinski definition) is 1. The van der Waals surface area contributed by atoms with Gasteiger partial charge in [0, 0.05) is 0 Å². The third-order valence-electron chi connectivity index (χ3n) is 6.56. The van der Waals surface area contributed by atoms with Crippen LogP contribution < -0.4 is 0 Å². The summed E-state index contributed by atoms with van der Waals surface area (Å²) in [5, 5.41) is 10.5. The Morgan fingerprint density at radius 3 is 2.50 bits per heavy atom. The Morgan fingerprint density at radius 2 is 1.77 bits per heavy atom. The molecule has 1 N–H and O–H groups in total. The summed E-state index contributed by atoms with van der Waals surface area (Å²) < 4.78 is 19.8. The Bertz CT molecular complexity index is 783. The molecule has 138 valence electrons. The minimum Gasteiger partial charge on any atom is -0.393 e. The molecule has 1 aliphatic heterocycles. The summed E-state index contributed by atoms with van der Waals surface area (Å²) >= 11 is 0. The molecule has 3 heteroatoms.